The number of hydrogen-bond acceptors (Lipinski definition) is 4. The molecule has 2 atom stereocenters. The van der Waals surface area contributed by atoms with E-state index in [1.807, 2.05) is 0 Å². The number of aromatic nitrogens is 1. The van der Waals surface area contributed by atoms with E-state index in [0.29, 0.717) is 22.6 Å². The SMILES string of the molecule is CN(C)c1cc(CNC(=O)C2CC(F)(F)CN2S(=O)c2ccc(F)cc2)cc(-c2ccc(C(F)(F)F)cc2)n1. The van der Waals surface area contributed by atoms with Gasteiger partial charge < -0.3 is 10.2 Å². The maximum atomic E-state index is 14.3. The van der Waals surface area contributed by atoms with Crippen LogP contribution in [0.1, 0.15) is 17.5 Å². The molecule has 39 heavy (non-hydrogen) atoms. The maximum Gasteiger partial charge on any atom is 0.416 e. The molecule has 1 saturated heterocycles. The number of benzene rings is 2. The Hall–Kier alpha value is -3.45. The number of nitrogens with one attached hydrogen (secondary N) is 1. The lowest BCUT2D eigenvalue weighted by Gasteiger charge is -2.22. The zero-order valence-corrected chi connectivity index (χ0v) is 21.6. The molecule has 13 heteroatoms. The summed E-state index contributed by atoms with van der Waals surface area (Å²) in [6, 6.07) is 10.8. The summed E-state index contributed by atoms with van der Waals surface area (Å²) in [7, 11) is 1.30. The summed E-state index contributed by atoms with van der Waals surface area (Å²) in [5.41, 5.74) is 0.479. The molecule has 2 heterocycles. The maximum absolute atomic E-state index is 14.3. The zero-order valence-electron chi connectivity index (χ0n) is 20.8. The van der Waals surface area contributed by atoms with Crippen molar-refractivity contribution in [3.63, 3.8) is 0 Å². The number of pyridine rings is 1. The highest BCUT2D eigenvalue weighted by molar-refractivity contribution is 7.82. The van der Waals surface area contributed by atoms with E-state index in [1.54, 1.807) is 31.1 Å². The van der Waals surface area contributed by atoms with Gasteiger partial charge >= 0.3 is 6.18 Å². The molecule has 0 aliphatic carbocycles. The molecule has 0 bridgehead atoms. The first-order valence-corrected chi connectivity index (χ1v) is 12.8. The van der Waals surface area contributed by atoms with E-state index in [4.69, 9.17) is 0 Å². The van der Waals surface area contributed by atoms with Crippen LogP contribution in [0, 0.1) is 5.82 Å². The number of amides is 1. The Kier molecular flexibility index (Phi) is 8.03. The van der Waals surface area contributed by atoms with Crippen molar-refractivity contribution in [2.24, 2.45) is 0 Å². The van der Waals surface area contributed by atoms with Crippen LogP contribution in [0.2, 0.25) is 0 Å². The Morgan fingerprint density at radius 2 is 1.74 bits per heavy atom. The van der Waals surface area contributed by atoms with E-state index in [0.717, 1.165) is 28.6 Å². The Bertz CT molecular complexity index is 1360. The lowest BCUT2D eigenvalue weighted by Crippen LogP contribution is -2.43. The fourth-order valence-electron chi connectivity index (χ4n) is 4.06. The van der Waals surface area contributed by atoms with Crippen molar-refractivity contribution < 1.29 is 35.3 Å². The predicted octanol–water partition coefficient (Wildman–Crippen LogP) is 5.02. The van der Waals surface area contributed by atoms with Crippen molar-refractivity contribution in [3.05, 3.63) is 77.6 Å². The molecule has 1 fully saturated rings. The van der Waals surface area contributed by atoms with E-state index in [-0.39, 0.29) is 11.4 Å². The van der Waals surface area contributed by atoms with Crippen LogP contribution in [0.4, 0.5) is 32.2 Å². The quantitative estimate of drug-likeness (QED) is 0.406. The van der Waals surface area contributed by atoms with Crippen LogP contribution in [-0.2, 0) is 28.5 Å². The highest BCUT2D eigenvalue weighted by Crippen LogP contribution is 2.35. The summed E-state index contributed by atoms with van der Waals surface area (Å²) in [5.74, 6) is -4.16. The second kappa shape index (κ2) is 11.0. The number of halogens is 6. The molecule has 3 aromatic rings. The summed E-state index contributed by atoms with van der Waals surface area (Å²) in [6.07, 6.45) is -5.33. The number of alkyl halides is 5. The van der Waals surface area contributed by atoms with E-state index in [2.05, 4.69) is 10.3 Å². The highest BCUT2D eigenvalue weighted by atomic mass is 32.2. The minimum Gasteiger partial charge on any atom is -0.363 e. The molecule has 2 unspecified atom stereocenters. The van der Waals surface area contributed by atoms with Gasteiger partial charge in [0.25, 0.3) is 5.92 Å². The second-order valence-electron chi connectivity index (χ2n) is 9.26. The molecule has 0 spiro atoms. The number of anilines is 1. The molecule has 208 valence electrons. The van der Waals surface area contributed by atoms with Gasteiger partial charge in [0.05, 0.1) is 22.7 Å². The molecule has 1 aliphatic rings. The number of rotatable bonds is 7. The van der Waals surface area contributed by atoms with E-state index in [1.165, 1.54) is 24.3 Å². The Morgan fingerprint density at radius 3 is 2.33 bits per heavy atom. The number of nitrogens with zero attached hydrogens (tertiary/aromatic N) is 3. The van der Waals surface area contributed by atoms with Crippen LogP contribution in [0.15, 0.2) is 65.6 Å². The minimum absolute atomic E-state index is 0.0813. The molecule has 0 radical (unpaired) electrons. The van der Waals surface area contributed by atoms with Crippen molar-refractivity contribution in [3.8, 4) is 11.3 Å². The minimum atomic E-state index is -4.49. The van der Waals surface area contributed by atoms with Crippen molar-refractivity contribution in [1.82, 2.24) is 14.6 Å². The molecular formula is C26H24F6N4O2S. The third kappa shape index (κ3) is 6.77. The van der Waals surface area contributed by atoms with Gasteiger partial charge in [0.15, 0.2) is 0 Å². The average Bonchev–Trinajstić information content (AvgIpc) is 3.22. The molecule has 1 aliphatic heterocycles. The highest BCUT2D eigenvalue weighted by Gasteiger charge is 2.50. The number of carbonyl (C=O) groups excluding carboxylic acids is 1. The summed E-state index contributed by atoms with van der Waals surface area (Å²) >= 11 is 0. The van der Waals surface area contributed by atoms with Crippen molar-refractivity contribution in [2.45, 2.75) is 36.0 Å². The van der Waals surface area contributed by atoms with Crippen LogP contribution in [0.25, 0.3) is 11.3 Å². The van der Waals surface area contributed by atoms with E-state index >= 15 is 0 Å². The third-order valence-electron chi connectivity index (χ3n) is 6.06. The fourth-order valence-corrected chi connectivity index (χ4v) is 5.41. The molecule has 2 aromatic carbocycles. The molecule has 1 aromatic heterocycles. The fraction of sp³-hybridized carbons (Fsp3) is 0.308. The van der Waals surface area contributed by atoms with E-state index in [9.17, 15) is 35.3 Å². The summed E-state index contributed by atoms with van der Waals surface area (Å²) in [6.45, 7) is -1.01. The van der Waals surface area contributed by atoms with Gasteiger partial charge in [-0.1, -0.05) is 12.1 Å². The lowest BCUT2D eigenvalue weighted by molar-refractivity contribution is -0.137. The summed E-state index contributed by atoms with van der Waals surface area (Å²) < 4.78 is 94.5. The third-order valence-corrected chi connectivity index (χ3v) is 7.55. The molecule has 1 amide bonds. The van der Waals surface area contributed by atoms with Crippen LogP contribution in [-0.4, -0.2) is 52.0 Å². The van der Waals surface area contributed by atoms with Crippen molar-refractivity contribution in [1.29, 1.82) is 0 Å². The smallest absolute Gasteiger partial charge is 0.363 e. The number of carbonyl (C=O) groups is 1. The van der Waals surface area contributed by atoms with Crippen LogP contribution in [0.5, 0.6) is 0 Å². The Labute approximate surface area is 223 Å². The predicted molar refractivity (Wildman–Crippen MR) is 134 cm³/mol. The Morgan fingerprint density at radius 1 is 1.10 bits per heavy atom. The lowest BCUT2D eigenvalue weighted by atomic mass is 10.1. The normalized spacial score (nSPS) is 18.1. The van der Waals surface area contributed by atoms with Gasteiger partial charge in [0.1, 0.15) is 28.7 Å². The Balaban J connectivity index is 1.54. The first-order chi connectivity index (χ1) is 18.2. The van der Waals surface area contributed by atoms with E-state index < -0.39 is 59.4 Å². The average molecular weight is 571 g/mol. The first-order valence-electron chi connectivity index (χ1n) is 11.7. The van der Waals surface area contributed by atoms with Crippen LogP contribution >= 0.6 is 0 Å². The largest absolute Gasteiger partial charge is 0.416 e. The first kappa shape index (κ1) is 28.6. The van der Waals surface area contributed by atoms with Gasteiger partial charge in [0, 0.05) is 32.6 Å². The van der Waals surface area contributed by atoms with Gasteiger partial charge in [-0.25, -0.2) is 26.7 Å². The molecule has 0 saturated carbocycles. The zero-order chi connectivity index (χ0) is 28.5. The molecule has 1 N–H and O–H groups in total. The number of hydrogen-bond donors (Lipinski definition) is 1. The van der Waals surface area contributed by atoms with Gasteiger partial charge in [-0.3, -0.25) is 4.79 Å². The molecular weight excluding hydrogens is 546 g/mol. The molecule has 6 nitrogen and oxygen atoms in total. The summed E-state index contributed by atoms with van der Waals surface area (Å²) in [4.78, 5) is 19.2. The summed E-state index contributed by atoms with van der Waals surface area (Å²) in [5, 5.41) is 2.59. The second-order valence-corrected chi connectivity index (χ2v) is 10.7. The van der Waals surface area contributed by atoms with Gasteiger partial charge in [-0.2, -0.15) is 13.2 Å². The topological polar surface area (TPSA) is 65.5 Å². The monoisotopic (exact) mass is 570 g/mol. The molecule has 4 rings (SSSR count). The standard InChI is InChI=1S/C26H24F6N4O2S/c1-35(2)23-12-16(11-21(34-23)17-3-5-18(6-4-17)26(30,31)32)14-33-24(37)22-13-25(28,29)15-36(22)39(38)20-9-7-19(27)8-10-20/h3-12,22H,13-15H2,1-2H3,(H,33,37). The van der Waals surface area contributed by atoms with Gasteiger partial charge in [0.2, 0.25) is 5.91 Å². The van der Waals surface area contributed by atoms with Crippen molar-refractivity contribution >= 4 is 22.7 Å². The van der Waals surface area contributed by atoms with Crippen molar-refractivity contribution in [2.75, 3.05) is 25.5 Å². The van der Waals surface area contributed by atoms with Gasteiger partial charge in [-0.05, 0) is 54.1 Å². The van der Waals surface area contributed by atoms with Crippen LogP contribution < -0.4 is 10.2 Å². The van der Waals surface area contributed by atoms with Gasteiger partial charge in [-0.15, -0.1) is 0 Å². The van der Waals surface area contributed by atoms with Crippen LogP contribution in [0.3, 0.4) is 0 Å².